The third-order valence-electron chi connectivity index (χ3n) is 3.80. The van der Waals surface area contributed by atoms with E-state index in [0.717, 1.165) is 6.42 Å². The normalized spacial score (nSPS) is 16.1. The van der Waals surface area contributed by atoms with Gasteiger partial charge in [0, 0.05) is 0 Å². The lowest BCUT2D eigenvalue weighted by Gasteiger charge is -2.31. The molecule has 0 spiro atoms. The van der Waals surface area contributed by atoms with E-state index in [-0.39, 0.29) is 11.5 Å². The van der Waals surface area contributed by atoms with Crippen molar-refractivity contribution >= 4 is 0 Å². The second-order valence-corrected chi connectivity index (χ2v) is 6.28. The van der Waals surface area contributed by atoms with Crippen LogP contribution >= 0.6 is 0 Å². The Morgan fingerprint density at radius 3 is 1.94 bits per heavy atom. The van der Waals surface area contributed by atoms with Crippen LogP contribution in [0.5, 0.6) is 0 Å². The van der Waals surface area contributed by atoms with Crippen LogP contribution in [0.25, 0.3) is 0 Å². The summed E-state index contributed by atoms with van der Waals surface area (Å²) in [6.45, 7) is 11.0. The van der Waals surface area contributed by atoms with Gasteiger partial charge in [-0.3, -0.25) is 0 Å². The van der Waals surface area contributed by atoms with E-state index in [1.165, 1.54) is 38.5 Å². The lowest BCUT2D eigenvalue weighted by atomic mass is 9.77. The SMILES string of the molecule is CCCCCCCCC(O)C(C)C(C)(C)C. The Morgan fingerprint density at radius 2 is 1.44 bits per heavy atom. The maximum atomic E-state index is 10.1. The molecule has 1 heteroatoms. The van der Waals surface area contributed by atoms with E-state index in [1.807, 2.05) is 0 Å². The van der Waals surface area contributed by atoms with Crippen LogP contribution in [-0.2, 0) is 0 Å². The molecular weight excluding hydrogens is 196 g/mol. The summed E-state index contributed by atoms with van der Waals surface area (Å²) in [4.78, 5) is 0. The second kappa shape index (κ2) is 8.11. The van der Waals surface area contributed by atoms with E-state index in [9.17, 15) is 5.11 Å². The Kier molecular flexibility index (Phi) is 8.09. The molecule has 0 radical (unpaired) electrons. The van der Waals surface area contributed by atoms with Gasteiger partial charge >= 0.3 is 0 Å². The molecule has 0 aliphatic heterocycles. The van der Waals surface area contributed by atoms with E-state index >= 15 is 0 Å². The molecule has 0 rings (SSSR count). The van der Waals surface area contributed by atoms with Crippen LogP contribution in [0, 0.1) is 11.3 Å². The maximum Gasteiger partial charge on any atom is 0.0570 e. The van der Waals surface area contributed by atoms with Gasteiger partial charge < -0.3 is 5.11 Å². The third-order valence-corrected chi connectivity index (χ3v) is 3.80. The van der Waals surface area contributed by atoms with E-state index in [4.69, 9.17) is 0 Å². The molecule has 2 unspecified atom stereocenters. The first-order valence-corrected chi connectivity index (χ1v) is 7.07. The molecule has 98 valence electrons. The number of aliphatic hydroxyl groups is 1. The molecule has 2 atom stereocenters. The van der Waals surface area contributed by atoms with Crippen LogP contribution in [0.15, 0.2) is 0 Å². The van der Waals surface area contributed by atoms with Crippen LogP contribution in [0.2, 0.25) is 0 Å². The molecule has 0 aromatic heterocycles. The second-order valence-electron chi connectivity index (χ2n) is 6.28. The average molecular weight is 228 g/mol. The predicted octanol–water partition coefficient (Wildman–Crippen LogP) is 4.78. The zero-order valence-electron chi connectivity index (χ0n) is 12.1. The van der Waals surface area contributed by atoms with Crippen LogP contribution in [0.3, 0.4) is 0 Å². The van der Waals surface area contributed by atoms with Crippen molar-refractivity contribution in [1.29, 1.82) is 0 Å². The first-order chi connectivity index (χ1) is 7.39. The van der Waals surface area contributed by atoms with E-state index in [1.54, 1.807) is 0 Å². The maximum absolute atomic E-state index is 10.1. The molecule has 16 heavy (non-hydrogen) atoms. The monoisotopic (exact) mass is 228 g/mol. The Labute approximate surface area is 103 Å². The first kappa shape index (κ1) is 16.0. The van der Waals surface area contributed by atoms with Crippen molar-refractivity contribution in [3.8, 4) is 0 Å². The molecule has 0 aromatic carbocycles. The van der Waals surface area contributed by atoms with Crippen molar-refractivity contribution < 1.29 is 5.11 Å². The zero-order chi connectivity index (χ0) is 12.6. The summed E-state index contributed by atoms with van der Waals surface area (Å²) in [7, 11) is 0. The van der Waals surface area contributed by atoms with Crippen molar-refractivity contribution in [3.05, 3.63) is 0 Å². The minimum absolute atomic E-state index is 0.119. The number of hydrogen-bond donors (Lipinski definition) is 1. The van der Waals surface area contributed by atoms with Gasteiger partial charge in [-0.05, 0) is 17.8 Å². The summed E-state index contributed by atoms with van der Waals surface area (Å²) in [6, 6.07) is 0. The summed E-state index contributed by atoms with van der Waals surface area (Å²) in [5.74, 6) is 0.392. The smallest absolute Gasteiger partial charge is 0.0570 e. The highest BCUT2D eigenvalue weighted by Gasteiger charge is 2.26. The Morgan fingerprint density at radius 1 is 0.938 bits per heavy atom. The zero-order valence-corrected chi connectivity index (χ0v) is 12.1. The Hall–Kier alpha value is -0.0400. The van der Waals surface area contributed by atoms with E-state index in [0.29, 0.717) is 5.92 Å². The number of unbranched alkanes of at least 4 members (excludes halogenated alkanes) is 5. The molecule has 0 heterocycles. The summed E-state index contributed by atoms with van der Waals surface area (Å²) in [5.41, 5.74) is 0.224. The highest BCUT2D eigenvalue weighted by Crippen LogP contribution is 2.30. The lowest BCUT2D eigenvalue weighted by molar-refractivity contribution is 0.0459. The fourth-order valence-corrected chi connectivity index (χ4v) is 1.96. The summed E-state index contributed by atoms with van der Waals surface area (Å²) < 4.78 is 0. The molecule has 0 fully saturated rings. The van der Waals surface area contributed by atoms with Crippen LogP contribution in [-0.4, -0.2) is 11.2 Å². The molecule has 0 amide bonds. The molecule has 0 aliphatic rings. The van der Waals surface area contributed by atoms with Gasteiger partial charge in [-0.25, -0.2) is 0 Å². The van der Waals surface area contributed by atoms with Gasteiger partial charge in [0.25, 0.3) is 0 Å². The topological polar surface area (TPSA) is 20.2 Å². The quantitative estimate of drug-likeness (QED) is 0.593. The molecule has 0 bridgehead atoms. The van der Waals surface area contributed by atoms with Crippen molar-refractivity contribution in [2.75, 3.05) is 0 Å². The highest BCUT2D eigenvalue weighted by atomic mass is 16.3. The summed E-state index contributed by atoms with van der Waals surface area (Å²) in [5, 5.41) is 10.1. The molecule has 1 N–H and O–H groups in total. The molecule has 0 aliphatic carbocycles. The van der Waals surface area contributed by atoms with Gasteiger partial charge in [0.1, 0.15) is 0 Å². The van der Waals surface area contributed by atoms with Crippen molar-refractivity contribution in [2.45, 2.75) is 85.7 Å². The molecule has 0 saturated carbocycles. The van der Waals surface area contributed by atoms with Gasteiger partial charge in [0.2, 0.25) is 0 Å². The fraction of sp³-hybridized carbons (Fsp3) is 1.00. The predicted molar refractivity (Wildman–Crippen MR) is 72.6 cm³/mol. The summed E-state index contributed by atoms with van der Waals surface area (Å²) in [6.07, 6.45) is 8.70. The van der Waals surface area contributed by atoms with Gasteiger partial charge in [0.15, 0.2) is 0 Å². The standard InChI is InChI=1S/C15H32O/c1-6-7-8-9-10-11-12-14(16)13(2)15(3,4)5/h13-14,16H,6-12H2,1-5H3. The van der Waals surface area contributed by atoms with Crippen LogP contribution < -0.4 is 0 Å². The largest absolute Gasteiger partial charge is 0.393 e. The van der Waals surface area contributed by atoms with Gasteiger partial charge in [-0.1, -0.05) is 73.1 Å². The van der Waals surface area contributed by atoms with Crippen LogP contribution in [0.4, 0.5) is 0 Å². The highest BCUT2D eigenvalue weighted by molar-refractivity contribution is 4.76. The van der Waals surface area contributed by atoms with Gasteiger partial charge in [-0.2, -0.15) is 0 Å². The van der Waals surface area contributed by atoms with Crippen molar-refractivity contribution in [2.24, 2.45) is 11.3 Å². The van der Waals surface area contributed by atoms with E-state index < -0.39 is 0 Å². The number of hydrogen-bond acceptors (Lipinski definition) is 1. The Bertz CT molecular complexity index is 157. The molecule has 0 aromatic rings. The minimum Gasteiger partial charge on any atom is -0.393 e. The van der Waals surface area contributed by atoms with Gasteiger partial charge in [-0.15, -0.1) is 0 Å². The first-order valence-electron chi connectivity index (χ1n) is 7.07. The molecule has 0 saturated heterocycles. The Balaban J connectivity index is 3.54. The average Bonchev–Trinajstić information content (AvgIpc) is 2.20. The minimum atomic E-state index is -0.119. The summed E-state index contributed by atoms with van der Waals surface area (Å²) >= 11 is 0. The fourth-order valence-electron chi connectivity index (χ4n) is 1.96. The number of rotatable bonds is 8. The van der Waals surface area contributed by atoms with Crippen LogP contribution in [0.1, 0.15) is 79.6 Å². The van der Waals surface area contributed by atoms with Gasteiger partial charge in [0.05, 0.1) is 6.10 Å². The number of aliphatic hydroxyl groups excluding tert-OH is 1. The molecular formula is C15H32O. The van der Waals surface area contributed by atoms with Crippen molar-refractivity contribution in [1.82, 2.24) is 0 Å². The molecule has 1 nitrogen and oxygen atoms in total. The van der Waals surface area contributed by atoms with E-state index in [2.05, 4.69) is 34.6 Å². The lowest BCUT2D eigenvalue weighted by Crippen LogP contribution is -2.29. The third kappa shape index (κ3) is 7.27. The van der Waals surface area contributed by atoms with Crippen molar-refractivity contribution in [3.63, 3.8) is 0 Å².